The predicted octanol–water partition coefficient (Wildman–Crippen LogP) is 4.62. The van der Waals surface area contributed by atoms with E-state index in [9.17, 15) is 0 Å². The van der Waals surface area contributed by atoms with Gasteiger partial charge in [-0.05, 0) is 29.8 Å². The standard InChI is InChI=1S/C21H14ClN3/c22-17-12-10-16(11-13-17)21-14-20(15-6-2-1-3-7-15)24-19-9-5-4-8-18(19)23-25(21)24/h1-14H. The molecule has 25 heavy (non-hydrogen) atoms. The maximum absolute atomic E-state index is 6.06. The fourth-order valence-electron chi connectivity index (χ4n) is 3.25. The fourth-order valence-corrected chi connectivity index (χ4v) is 3.38. The Labute approximate surface area is 149 Å². The zero-order chi connectivity index (χ0) is 16.8. The Balaban J connectivity index is 1.89. The van der Waals surface area contributed by atoms with Gasteiger partial charge in [0.05, 0.1) is 0 Å². The van der Waals surface area contributed by atoms with Crippen LogP contribution in [-0.2, 0) is 0 Å². The van der Waals surface area contributed by atoms with E-state index in [1.165, 1.54) is 0 Å². The minimum absolute atomic E-state index is 0.730. The number of halogens is 1. The molecule has 3 nitrogen and oxygen atoms in total. The molecule has 120 valence electrons. The maximum atomic E-state index is 6.06. The first kappa shape index (κ1) is 14.3. The summed E-state index contributed by atoms with van der Waals surface area (Å²) in [6.07, 6.45) is 0. The third-order valence-electron chi connectivity index (χ3n) is 4.43. The molecule has 0 N–H and O–H groups in total. The smallest absolute Gasteiger partial charge is 0.217 e. The van der Waals surface area contributed by atoms with E-state index in [2.05, 4.69) is 40.9 Å². The van der Waals surface area contributed by atoms with Gasteiger partial charge < -0.3 is 0 Å². The van der Waals surface area contributed by atoms with Crippen molar-refractivity contribution in [1.82, 2.24) is 9.61 Å². The van der Waals surface area contributed by atoms with Gasteiger partial charge in [-0.3, -0.25) is 0 Å². The highest BCUT2D eigenvalue weighted by Gasteiger charge is 2.18. The second-order valence-corrected chi connectivity index (χ2v) is 6.41. The van der Waals surface area contributed by atoms with Crippen LogP contribution in [-0.4, -0.2) is 4.52 Å². The molecule has 5 aromatic rings. The van der Waals surface area contributed by atoms with E-state index in [0.717, 1.165) is 38.6 Å². The highest BCUT2D eigenvalue weighted by atomic mass is 35.5. The van der Waals surface area contributed by atoms with Crippen LogP contribution < -0.4 is 9.73 Å². The van der Waals surface area contributed by atoms with Crippen LogP contribution in [0, 0.1) is 0 Å². The molecule has 0 fully saturated rings. The fraction of sp³-hybridized carbons (Fsp3) is 0. The molecule has 2 aromatic heterocycles. The number of aromatic nitrogens is 3. The lowest BCUT2D eigenvalue weighted by atomic mass is 10.1. The quantitative estimate of drug-likeness (QED) is 0.429. The van der Waals surface area contributed by atoms with Gasteiger partial charge in [0, 0.05) is 33.4 Å². The predicted molar refractivity (Wildman–Crippen MR) is 99.8 cm³/mol. The Hall–Kier alpha value is -3.04. The van der Waals surface area contributed by atoms with Gasteiger partial charge >= 0.3 is 0 Å². The van der Waals surface area contributed by atoms with Crippen LogP contribution in [0.5, 0.6) is 0 Å². The lowest BCUT2D eigenvalue weighted by Gasteiger charge is -2.01. The first-order chi connectivity index (χ1) is 12.3. The summed E-state index contributed by atoms with van der Waals surface area (Å²) < 4.78 is 4.13. The zero-order valence-electron chi connectivity index (χ0n) is 13.3. The Bertz CT molecular complexity index is 1180. The van der Waals surface area contributed by atoms with Crippen molar-refractivity contribution in [3.05, 3.63) is 90.0 Å². The number of benzene rings is 3. The highest BCUT2D eigenvalue weighted by molar-refractivity contribution is 6.30. The summed E-state index contributed by atoms with van der Waals surface area (Å²) in [7, 11) is 0. The van der Waals surface area contributed by atoms with E-state index >= 15 is 0 Å². The molecular weight excluding hydrogens is 330 g/mol. The number of nitrogens with zero attached hydrogens (tertiary/aromatic N) is 3. The Kier molecular flexibility index (Phi) is 3.15. The minimum atomic E-state index is 0.730. The zero-order valence-corrected chi connectivity index (χ0v) is 14.1. The molecule has 0 saturated heterocycles. The van der Waals surface area contributed by atoms with Gasteiger partial charge in [0.25, 0.3) is 0 Å². The van der Waals surface area contributed by atoms with Crippen LogP contribution in [0.15, 0.2) is 84.9 Å². The lowest BCUT2D eigenvalue weighted by molar-refractivity contribution is -0.662. The summed E-state index contributed by atoms with van der Waals surface area (Å²) in [4.78, 5) is 0. The molecule has 0 aliphatic rings. The first-order valence-electron chi connectivity index (χ1n) is 8.12. The van der Waals surface area contributed by atoms with Gasteiger partial charge in [0.1, 0.15) is 0 Å². The normalized spacial score (nSPS) is 11.4. The van der Waals surface area contributed by atoms with Crippen LogP contribution in [0.2, 0.25) is 5.02 Å². The van der Waals surface area contributed by atoms with Crippen LogP contribution >= 0.6 is 11.6 Å². The van der Waals surface area contributed by atoms with Crippen molar-refractivity contribution in [3.8, 4) is 22.5 Å². The summed E-state index contributed by atoms with van der Waals surface area (Å²) in [6, 6.07) is 28.6. The molecule has 0 bridgehead atoms. The van der Waals surface area contributed by atoms with E-state index in [0.29, 0.717) is 0 Å². The molecule has 0 radical (unpaired) electrons. The average Bonchev–Trinajstić information content (AvgIpc) is 3.21. The Morgan fingerprint density at radius 3 is 2.28 bits per heavy atom. The monoisotopic (exact) mass is 343 g/mol. The topological polar surface area (TPSA) is 22.6 Å². The number of hydrogen-bond donors (Lipinski definition) is 0. The SMILES string of the molecule is Clc1ccc(-c2cc(-c3ccccc3)n3c4ccccc4[n-][n+]23)cc1. The van der Waals surface area contributed by atoms with Crippen molar-refractivity contribution in [2.75, 3.05) is 0 Å². The van der Waals surface area contributed by atoms with Crippen LogP contribution in [0.1, 0.15) is 0 Å². The largest absolute Gasteiger partial charge is 0.233 e. The van der Waals surface area contributed by atoms with Gasteiger partial charge in [-0.1, -0.05) is 66.2 Å². The molecular formula is C21H14ClN3. The van der Waals surface area contributed by atoms with Crippen molar-refractivity contribution in [3.63, 3.8) is 0 Å². The molecule has 0 aliphatic carbocycles. The maximum Gasteiger partial charge on any atom is 0.233 e. The third-order valence-corrected chi connectivity index (χ3v) is 4.68. The summed E-state index contributed by atoms with van der Waals surface area (Å²) in [6.45, 7) is 0. The Morgan fingerprint density at radius 2 is 1.48 bits per heavy atom. The number of hydrogen-bond acceptors (Lipinski definition) is 0. The second kappa shape index (κ2) is 5.50. The van der Waals surface area contributed by atoms with Gasteiger partial charge in [-0.15, -0.1) is 4.63 Å². The van der Waals surface area contributed by atoms with E-state index in [4.69, 9.17) is 16.7 Å². The highest BCUT2D eigenvalue weighted by Crippen LogP contribution is 2.27. The molecule has 0 unspecified atom stereocenters. The van der Waals surface area contributed by atoms with Crippen molar-refractivity contribution >= 4 is 22.6 Å². The summed E-state index contributed by atoms with van der Waals surface area (Å²) >= 11 is 6.06. The number of rotatable bonds is 2. The van der Waals surface area contributed by atoms with Crippen molar-refractivity contribution in [2.45, 2.75) is 0 Å². The molecule has 3 aromatic carbocycles. The second-order valence-electron chi connectivity index (χ2n) is 5.98. The third kappa shape index (κ3) is 2.24. The molecule has 0 amide bonds. The van der Waals surface area contributed by atoms with Gasteiger partial charge in [0.15, 0.2) is 0 Å². The summed E-state index contributed by atoms with van der Waals surface area (Å²) in [5, 5.41) is 5.54. The molecule has 0 aliphatic heterocycles. The Morgan fingerprint density at radius 1 is 0.760 bits per heavy atom. The van der Waals surface area contributed by atoms with Gasteiger partial charge in [-0.25, -0.2) is 4.52 Å². The average molecular weight is 344 g/mol. The van der Waals surface area contributed by atoms with E-state index in [-0.39, 0.29) is 0 Å². The van der Waals surface area contributed by atoms with Crippen molar-refractivity contribution in [2.24, 2.45) is 0 Å². The summed E-state index contributed by atoms with van der Waals surface area (Å²) in [5.41, 5.74) is 6.43. The first-order valence-corrected chi connectivity index (χ1v) is 8.50. The molecule has 0 saturated carbocycles. The van der Waals surface area contributed by atoms with Gasteiger partial charge in [0.2, 0.25) is 5.69 Å². The van der Waals surface area contributed by atoms with Crippen LogP contribution in [0.4, 0.5) is 0 Å². The van der Waals surface area contributed by atoms with Crippen molar-refractivity contribution < 1.29 is 4.63 Å². The lowest BCUT2D eigenvalue weighted by Crippen LogP contribution is -2.32. The van der Waals surface area contributed by atoms with E-state index < -0.39 is 0 Å². The van der Waals surface area contributed by atoms with Crippen LogP contribution in [0.25, 0.3) is 33.5 Å². The number of fused-ring (bicyclic) bond motifs is 3. The summed E-state index contributed by atoms with van der Waals surface area (Å²) in [5.74, 6) is 0. The molecule has 2 heterocycles. The molecule has 0 spiro atoms. The molecule has 0 atom stereocenters. The van der Waals surface area contributed by atoms with E-state index in [1.54, 1.807) is 0 Å². The number of para-hydroxylation sites is 1. The molecule has 4 heteroatoms. The van der Waals surface area contributed by atoms with E-state index in [1.807, 2.05) is 53.2 Å². The van der Waals surface area contributed by atoms with Crippen molar-refractivity contribution in [1.29, 1.82) is 0 Å². The van der Waals surface area contributed by atoms with Gasteiger partial charge in [-0.2, -0.15) is 5.10 Å². The van der Waals surface area contributed by atoms with Crippen LogP contribution in [0.3, 0.4) is 0 Å². The minimum Gasteiger partial charge on any atom is -0.217 e. The molecule has 5 rings (SSSR count).